The van der Waals surface area contributed by atoms with E-state index >= 15 is 0 Å². The Labute approximate surface area is 97.6 Å². The molecule has 0 radical (unpaired) electrons. The van der Waals surface area contributed by atoms with Crippen molar-refractivity contribution in [1.29, 1.82) is 0 Å². The molecule has 1 heterocycles. The summed E-state index contributed by atoms with van der Waals surface area (Å²) in [5, 5.41) is 0. The Bertz CT molecular complexity index is 297. The lowest BCUT2D eigenvalue weighted by atomic mass is 10.1. The van der Waals surface area contributed by atoms with Gasteiger partial charge in [-0.15, -0.1) is 0 Å². The molecule has 2 nitrogen and oxygen atoms in total. The second kappa shape index (κ2) is 6.02. The molecule has 0 spiro atoms. The van der Waals surface area contributed by atoms with Crippen LogP contribution >= 0.6 is 0 Å². The summed E-state index contributed by atoms with van der Waals surface area (Å²) in [4.78, 5) is 0. The molecule has 16 heavy (non-hydrogen) atoms. The van der Waals surface area contributed by atoms with Crippen molar-refractivity contribution in [3.63, 3.8) is 0 Å². The Hall–Kier alpha value is -0.860. The van der Waals surface area contributed by atoms with Crippen LogP contribution in [-0.4, -0.2) is 12.9 Å². The average Bonchev–Trinajstić information content (AvgIpc) is 2.79. The highest BCUT2D eigenvalue weighted by atomic mass is 16.7. The quantitative estimate of drug-likeness (QED) is 0.705. The fraction of sp³-hybridized carbons (Fsp3) is 0.571. The first-order valence-electron chi connectivity index (χ1n) is 6.22. The lowest BCUT2D eigenvalue weighted by Crippen LogP contribution is -2.07. The normalized spacial score (nSPS) is 24.8. The highest BCUT2D eigenvalue weighted by Crippen LogP contribution is 2.28. The lowest BCUT2D eigenvalue weighted by Gasteiger charge is -2.11. The molecule has 2 unspecified atom stereocenters. The molecule has 1 fully saturated rings. The van der Waals surface area contributed by atoms with E-state index in [0.29, 0.717) is 6.61 Å². The monoisotopic (exact) mass is 220 g/mol. The van der Waals surface area contributed by atoms with Crippen molar-refractivity contribution in [3.05, 3.63) is 35.9 Å². The van der Waals surface area contributed by atoms with Crippen molar-refractivity contribution in [1.82, 2.24) is 0 Å². The van der Waals surface area contributed by atoms with Gasteiger partial charge in [0.1, 0.15) is 6.10 Å². The van der Waals surface area contributed by atoms with E-state index in [1.807, 2.05) is 18.2 Å². The zero-order valence-electron chi connectivity index (χ0n) is 9.89. The Morgan fingerprint density at radius 3 is 2.75 bits per heavy atom. The average molecular weight is 220 g/mol. The van der Waals surface area contributed by atoms with E-state index in [9.17, 15) is 0 Å². The van der Waals surface area contributed by atoms with Crippen molar-refractivity contribution in [2.24, 2.45) is 0 Å². The summed E-state index contributed by atoms with van der Waals surface area (Å²) in [6.07, 6.45) is 4.87. The molecule has 1 aromatic carbocycles. The van der Waals surface area contributed by atoms with Gasteiger partial charge in [-0.05, 0) is 18.4 Å². The minimum Gasteiger partial charge on any atom is -0.350 e. The van der Waals surface area contributed by atoms with E-state index in [4.69, 9.17) is 9.47 Å². The van der Waals surface area contributed by atoms with E-state index in [-0.39, 0.29) is 12.4 Å². The van der Waals surface area contributed by atoms with Gasteiger partial charge in [0.2, 0.25) is 0 Å². The second-order valence-corrected chi connectivity index (χ2v) is 4.29. The third-order valence-corrected chi connectivity index (χ3v) is 2.96. The Kier molecular flexibility index (Phi) is 4.37. The second-order valence-electron chi connectivity index (χ2n) is 4.29. The molecule has 0 aliphatic carbocycles. The van der Waals surface area contributed by atoms with Gasteiger partial charge in [-0.2, -0.15) is 0 Å². The molecule has 0 N–H and O–H groups in total. The molecular weight excluding hydrogens is 200 g/mol. The van der Waals surface area contributed by atoms with Gasteiger partial charge in [-0.3, -0.25) is 0 Å². The van der Waals surface area contributed by atoms with E-state index in [2.05, 4.69) is 19.1 Å². The minimum atomic E-state index is 0.0109. The van der Waals surface area contributed by atoms with Crippen LogP contribution in [0.5, 0.6) is 0 Å². The third-order valence-electron chi connectivity index (χ3n) is 2.96. The van der Waals surface area contributed by atoms with Crippen LogP contribution in [0.2, 0.25) is 0 Å². The fourth-order valence-corrected chi connectivity index (χ4v) is 2.01. The van der Waals surface area contributed by atoms with Crippen LogP contribution in [0.3, 0.4) is 0 Å². The van der Waals surface area contributed by atoms with Crippen molar-refractivity contribution in [3.8, 4) is 0 Å². The smallest absolute Gasteiger partial charge is 0.158 e. The van der Waals surface area contributed by atoms with Crippen molar-refractivity contribution >= 4 is 0 Å². The first-order chi connectivity index (χ1) is 7.90. The fourth-order valence-electron chi connectivity index (χ4n) is 2.01. The molecule has 0 amide bonds. The summed E-state index contributed by atoms with van der Waals surface area (Å²) in [7, 11) is 0. The minimum absolute atomic E-state index is 0.0109. The van der Waals surface area contributed by atoms with Gasteiger partial charge >= 0.3 is 0 Å². The summed E-state index contributed by atoms with van der Waals surface area (Å²) in [5.74, 6) is 0. The van der Waals surface area contributed by atoms with Crippen LogP contribution in [0.4, 0.5) is 0 Å². The molecule has 2 heteroatoms. The summed E-state index contributed by atoms with van der Waals surface area (Å²) in [6.45, 7) is 2.91. The third kappa shape index (κ3) is 3.06. The van der Waals surface area contributed by atoms with Crippen molar-refractivity contribution in [2.45, 2.75) is 45.0 Å². The van der Waals surface area contributed by atoms with Crippen LogP contribution < -0.4 is 0 Å². The summed E-state index contributed by atoms with van der Waals surface area (Å²) < 4.78 is 11.5. The maximum Gasteiger partial charge on any atom is 0.158 e. The number of hydrogen-bond donors (Lipinski definition) is 0. The van der Waals surface area contributed by atoms with Gasteiger partial charge in [0.25, 0.3) is 0 Å². The highest BCUT2D eigenvalue weighted by molar-refractivity contribution is 5.18. The topological polar surface area (TPSA) is 18.5 Å². The van der Waals surface area contributed by atoms with E-state index < -0.39 is 0 Å². The molecule has 1 aliphatic rings. The van der Waals surface area contributed by atoms with Crippen LogP contribution in [0.25, 0.3) is 0 Å². The van der Waals surface area contributed by atoms with Crippen LogP contribution in [0.15, 0.2) is 30.3 Å². The number of rotatable bonds is 5. The van der Waals surface area contributed by atoms with Gasteiger partial charge in [0.15, 0.2) is 6.29 Å². The summed E-state index contributed by atoms with van der Waals surface area (Å²) in [5.41, 5.74) is 1.22. The molecule has 1 saturated heterocycles. The van der Waals surface area contributed by atoms with E-state index in [0.717, 1.165) is 6.42 Å². The van der Waals surface area contributed by atoms with Gasteiger partial charge in [-0.25, -0.2) is 0 Å². The molecule has 88 valence electrons. The molecule has 1 aromatic rings. The van der Waals surface area contributed by atoms with Crippen LogP contribution in [-0.2, 0) is 9.47 Å². The Morgan fingerprint density at radius 2 is 2.00 bits per heavy atom. The van der Waals surface area contributed by atoms with Crippen molar-refractivity contribution < 1.29 is 9.47 Å². The van der Waals surface area contributed by atoms with Gasteiger partial charge in [0.05, 0.1) is 6.61 Å². The molecular formula is C14H20O2. The van der Waals surface area contributed by atoms with Gasteiger partial charge in [-0.1, -0.05) is 50.1 Å². The van der Waals surface area contributed by atoms with E-state index in [1.54, 1.807) is 0 Å². The highest BCUT2D eigenvalue weighted by Gasteiger charge is 2.26. The molecule has 0 bridgehead atoms. The predicted octanol–water partition coefficient (Wildman–Crippen LogP) is 3.68. The van der Waals surface area contributed by atoms with Gasteiger partial charge < -0.3 is 9.47 Å². The number of hydrogen-bond acceptors (Lipinski definition) is 2. The maximum atomic E-state index is 5.87. The molecule has 0 aromatic heterocycles. The molecule has 0 saturated carbocycles. The molecule has 2 atom stereocenters. The molecule has 2 rings (SSSR count). The summed E-state index contributed by atoms with van der Waals surface area (Å²) >= 11 is 0. The van der Waals surface area contributed by atoms with E-state index in [1.165, 1.54) is 24.8 Å². The van der Waals surface area contributed by atoms with Crippen LogP contribution in [0.1, 0.15) is 44.3 Å². The van der Waals surface area contributed by atoms with Gasteiger partial charge in [0, 0.05) is 0 Å². The predicted molar refractivity (Wildman–Crippen MR) is 64.2 cm³/mol. The van der Waals surface area contributed by atoms with Crippen LogP contribution in [0, 0.1) is 0 Å². The number of unbranched alkanes of at least 4 members (excludes halogenated alkanes) is 2. The number of benzene rings is 1. The first-order valence-corrected chi connectivity index (χ1v) is 6.22. The zero-order chi connectivity index (χ0) is 11.2. The maximum absolute atomic E-state index is 5.87. The Balaban J connectivity index is 1.79. The largest absolute Gasteiger partial charge is 0.350 e. The zero-order valence-corrected chi connectivity index (χ0v) is 9.89. The number of ether oxygens (including phenoxy) is 2. The SMILES string of the molecule is CCCCCC1OCC(c2ccccc2)O1. The summed E-state index contributed by atoms with van der Waals surface area (Å²) in [6, 6.07) is 10.3. The Morgan fingerprint density at radius 1 is 1.19 bits per heavy atom. The standard InChI is InChI=1S/C14H20O2/c1-2-3-5-10-14-15-11-13(16-14)12-8-6-4-7-9-12/h4,6-9,13-14H,2-3,5,10-11H2,1H3. The lowest BCUT2D eigenvalue weighted by molar-refractivity contribution is -0.0637. The first kappa shape index (κ1) is 11.6. The van der Waals surface area contributed by atoms with Crippen molar-refractivity contribution in [2.75, 3.05) is 6.61 Å². The molecule has 1 aliphatic heterocycles.